The van der Waals surface area contributed by atoms with Gasteiger partial charge in [-0.1, -0.05) is 44.2 Å². The van der Waals surface area contributed by atoms with Crippen LogP contribution in [0.25, 0.3) is 0 Å². The maximum absolute atomic E-state index is 12.8. The molecule has 0 aliphatic carbocycles. The van der Waals surface area contributed by atoms with Crippen molar-refractivity contribution in [1.82, 2.24) is 9.55 Å². The monoisotopic (exact) mass is 379 g/mol. The lowest BCUT2D eigenvalue weighted by molar-refractivity contribution is -0.136. The Balaban J connectivity index is 1.98. The SMILES string of the molecule is C=CCn1c2c(c(=O)[nH]c1=O)[C@H](c1ccc(C(C)C)cc1)C1=C(COC1=O)N2. The first-order valence-corrected chi connectivity index (χ1v) is 9.17. The first-order valence-electron chi connectivity index (χ1n) is 9.17. The third-order valence-corrected chi connectivity index (χ3v) is 5.22. The number of H-pyrrole nitrogens is 1. The van der Waals surface area contributed by atoms with E-state index in [4.69, 9.17) is 4.74 Å². The molecule has 0 saturated carbocycles. The summed E-state index contributed by atoms with van der Waals surface area (Å²) in [5.74, 6) is -0.319. The van der Waals surface area contributed by atoms with Crippen molar-refractivity contribution < 1.29 is 9.53 Å². The van der Waals surface area contributed by atoms with Crippen LogP contribution in [0.2, 0.25) is 0 Å². The standard InChI is InChI=1S/C21H21N3O4/c1-4-9-24-18-17(19(25)23-21(24)27)15(16-14(22-18)10-28-20(16)26)13-7-5-12(6-8-13)11(2)3/h4-8,11,15,22H,1,9-10H2,2-3H3,(H,23,25,27)/t15-/m1/s1. The Morgan fingerprint density at radius 2 is 1.96 bits per heavy atom. The van der Waals surface area contributed by atoms with Gasteiger partial charge < -0.3 is 10.1 Å². The quantitative estimate of drug-likeness (QED) is 0.628. The number of benzene rings is 1. The maximum Gasteiger partial charge on any atom is 0.337 e. The number of carbonyl (C=O) groups excluding carboxylic acids is 1. The summed E-state index contributed by atoms with van der Waals surface area (Å²) < 4.78 is 6.63. The van der Waals surface area contributed by atoms with Gasteiger partial charge in [-0.15, -0.1) is 6.58 Å². The number of hydrogen-bond donors (Lipinski definition) is 2. The molecule has 0 saturated heterocycles. The number of cyclic esters (lactones) is 1. The van der Waals surface area contributed by atoms with Crippen molar-refractivity contribution in [2.45, 2.75) is 32.2 Å². The van der Waals surface area contributed by atoms with Gasteiger partial charge in [0, 0.05) is 6.54 Å². The summed E-state index contributed by atoms with van der Waals surface area (Å²) >= 11 is 0. The summed E-state index contributed by atoms with van der Waals surface area (Å²) in [5, 5.41) is 3.08. The summed E-state index contributed by atoms with van der Waals surface area (Å²) in [7, 11) is 0. The van der Waals surface area contributed by atoms with E-state index in [1.54, 1.807) is 6.08 Å². The number of aromatic amines is 1. The molecule has 3 heterocycles. The van der Waals surface area contributed by atoms with Crippen molar-refractivity contribution in [3.05, 3.63) is 85.7 Å². The van der Waals surface area contributed by atoms with Gasteiger partial charge in [-0.25, -0.2) is 9.59 Å². The van der Waals surface area contributed by atoms with E-state index in [2.05, 4.69) is 30.7 Å². The molecule has 0 unspecified atom stereocenters. The summed E-state index contributed by atoms with van der Waals surface area (Å²) in [4.78, 5) is 39.9. The molecular formula is C21H21N3O4. The number of allylic oxidation sites excluding steroid dienone is 1. The number of esters is 1. The molecule has 0 bridgehead atoms. The first-order chi connectivity index (χ1) is 13.4. The lowest BCUT2D eigenvalue weighted by atomic mass is 9.82. The normalized spacial score (nSPS) is 17.8. The highest BCUT2D eigenvalue weighted by Crippen LogP contribution is 2.42. The maximum atomic E-state index is 12.8. The molecule has 0 spiro atoms. The van der Waals surface area contributed by atoms with Crippen LogP contribution < -0.4 is 16.6 Å². The topological polar surface area (TPSA) is 93.2 Å². The lowest BCUT2D eigenvalue weighted by Crippen LogP contribution is -2.38. The molecule has 1 aromatic heterocycles. The highest BCUT2D eigenvalue weighted by Gasteiger charge is 2.41. The van der Waals surface area contributed by atoms with E-state index in [1.165, 1.54) is 4.57 Å². The average molecular weight is 379 g/mol. The summed E-state index contributed by atoms with van der Waals surface area (Å²) in [6.07, 6.45) is 1.58. The Bertz CT molecular complexity index is 1120. The molecule has 7 nitrogen and oxygen atoms in total. The molecule has 0 amide bonds. The minimum absolute atomic E-state index is 0.0866. The summed E-state index contributed by atoms with van der Waals surface area (Å²) in [6.45, 7) is 8.19. The van der Waals surface area contributed by atoms with Crippen LogP contribution in [0.15, 0.2) is 57.8 Å². The van der Waals surface area contributed by atoms with Gasteiger partial charge in [0.05, 0.1) is 22.8 Å². The van der Waals surface area contributed by atoms with Crippen LogP contribution in [0.3, 0.4) is 0 Å². The van der Waals surface area contributed by atoms with Crippen LogP contribution in [0.1, 0.15) is 42.4 Å². The Labute approximate surface area is 161 Å². The number of aromatic nitrogens is 2. The molecule has 7 heteroatoms. The Kier molecular flexibility index (Phi) is 4.30. The van der Waals surface area contributed by atoms with E-state index in [1.807, 2.05) is 24.3 Å². The molecule has 2 N–H and O–H groups in total. The number of nitrogens with zero attached hydrogens (tertiary/aromatic N) is 1. The Morgan fingerprint density at radius 3 is 2.61 bits per heavy atom. The molecule has 2 aliphatic heterocycles. The van der Waals surface area contributed by atoms with E-state index >= 15 is 0 Å². The van der Waals surface area contributed by atoms with Crippen LogP contribution in [0.4, 0.5) is 5.82 Å². The Morgan fingerprint density at radius 1 is 1.25 bits per heavy atom. The van der Waals surface area contributed by atoms with Crippen molar-refractivity contribution in [3.8, 4) is 0 Å². The zero-order valence-corrected chi connectivity index (χ0v) is 15.7. The van der Waals surface area contributed by atoms with Gasteiger partial charge in [-0.3, -0.25) is 14.3 Å². The second-order valence-electron chi connectivity index (χ2n) is 7.27. The number of fused-ring (bicyclic) bond motifs is 1. The van der Waals surface area contributed by atoms with E-state index in [0.717, 1.165) is 11.1 Å². The van der Waals surface area contributed by atoms with Crippen LogP contribution in [-0.2, 0) is 16.1 Å². The fraction of sp³-hybridized carbons (Fsp3) is 0.286. The molecule has 2 aromatic rings. The molecule has 0 fully saturated rings. The van der Waals surface area contributed by atoms with Gasteiger partial charge >= 0.3 is 11.7 Å². The van der Waals surface area contributed by atoms with Crippen LogP contribution in [-0.4, -0.2) is 22.1 Å². The molecule has 4 rings (SSSR count). The van der Waals surface area contributed by atoms with Gasteiger partial charge in [0.2, 0.25) is 0 Å². The smallest absolute Gasteiger partial charge is 0.337 e. The fourth-order valence-corrected chi connectivity index (χ4v) is 3.80. The highest BCUT2D eigenvalue weighted by molar-refractivity contribution is 5.96. The number of nitrogens with one attached hydrogen (secondary N) is 2. The van der Waals surface area contributed by atoms with Gasteiger partial charge in [0.1, 0.15) is 12.4 Å². The molecule has 1 atom stereocenters. The summed E-state index contributed by atoms with van der Waals surface area (Å²) in [5.41, 5.74) is 2.24. The fourth-order valence-electron chi connectivity index (χ4n) is 3.80. The third kappa shape index (κ3) is 2.70. The number of carbonyl (C=O) groups is 1. The molecular weight excluding hydrogens is 358 g/mol. The van der Waals surface area contributed by atoms with Crippen LogP contribution in [0, 0.1) is 0 Å². The van der Waals surface area contributed by atoms with Crippen molar-refractivity contribution in [3.63, 3.8) is 0 Å². The van der Waals surface area contributed by atoms with Gasteiger partial charge in [0.25, 0.3) is 5.56 Å². The number of ether oxygens (including phenoxy) is 1. The molecule has 2 aliphatic rings. The van der Waals surface area contributed by atoms with Crippen molar-refractivity contribution in [1.29, 1.82) is 0 Å². The second kappa shape index (κ2) is 6.67. The predicted octanol–water partition coefficient (Wildman–Crippen LogP) is 2.21. The van der Waals surface area contributed by atoms with Crippen LogP contribution >= 0.6 is 0 Å². The van der Waals surface area contributed by atoms with Gasteiger partial charge in [-0.05, 0) is 17.0 Å². The third-order valence-electron chi connectivity index (χ3n) is 5.22. The van der Waals surface area contributed by atoms with Gasteiger partial charge in [0.15, 0.2) is 0 Å². The zero-order chi connectivity index (χ0) is 20.0. The van der Waals surface area contributed by atoms with Crippen molar-refractivity contribution in [2.75, 3.05) is 11.9 Å². The van der Waals surface area contributed by atoms with Crippen molar-refractivity contribution >= 4 is 11.8 Å². The number of rotatable bonds is 4. The van der Waals surface area contributed by atoms with Crippen LogP contribution in [0.5, 0.6) is 0 Å². The van der Waals surface area contributed by atoms with Gasteiger partial charge in [-0.2, -0.15) is 0 Å². The van der Waals surface area contributed by atoms with E-state index in [-0.39, 0.29) is 13.2 Å². The molecule has 144 valence electrons. The highest BCUT2D eigenvalue weighted by atomic mass is 16.5. The number of hydrogen-bond acceptors (Lipinski definition) is 5. The number of anilines is 1. The second-order valence-corrected chi connectivity index (χ2v) is 7.27. The largest absolute Gasteiger partial charge is 0.456 e. The Hall–Kier alpha value is -3.35. The zero-order valence-electron chi connectivity index (χ0n) is 15.7. The van der Waals surface area contributed by atoms with E-state index in [9.17, 15) is 14.4 Å². The molecule has 0 radical (unpaired) electrons. The molecule has 28 heavy (non-hydrogen) atoms. The molecule has 1 aromatic carbocycles. The minimum Gasteiger partial charge on any atom is -0.456 e. The van der Waals surface area contributed by atoms with E-state index < -0.39 is 23.1 Å². The lowest BCUT2D eigenvalue weighted by Gasteiger charge is -2.28. The first kappa shape index (κ1) is 18.0. The van der Waals surface area contributed by atoms with Crippen molar-refractivity contribution in [2.24, 2.45) is 0 Å². The van der Waals surface area contributed by atoms with E-state index in [0.29, 0.717) is 28.6 Å². The average Bonchev–Trinajstić information content (AvgIpc) is 3.04. The summed E-state index contributed by atoms with van der Waals surface area (Å²) in [6, 6.07) is 7.84. The minimum atomic E-state index is -0.608. The predicted molar refractivity (Wildman–Crippen MR) is 106 cm³/mol.